The van der Waals surface area contributed by atoms with E-state index in [1.54, 1.807) is 12.3 Å². The lowest BCUT2D eigenvalue weighted by molar-refractivity contribution is -0.137. The molecule has 7 heteroatoms. The average Bonchev–Trinajstić information content (AvgIpc) is 3.08. The van der Waals surface area contributed by atoms with Gasteiger partial charge in [0.15, 0.2) is 0 Å². The van der Waals surface area contributed by atoms with Gasteiger partial charge in [-0.25, -0.2) is 0 Å². The van der Waals surface area contributed by atoms with Crippen molar-refractivity contribution in [3.05, 3.63) is 53.9 Å². The SMILES string of the molecule is FC(F)(F)c1cccc(CC2CN(CCCn3cccn3)CCO2)c1. The lowest BCUT2D eigenvalue weighted by atomic mass is 10.0. The standard InChI is InChI=1S/C18H22F3N3O/c19-18(20,21)16-5-1-4-15(12-16)13-17-14-23(10-11-25-17)7-3-9-24-8-2-6-22-24/h1-2,4-6,8,12,17H,3,7,9-11,13-14H2. The second-order valence-electron chi connectivity index (χ2n) is 6.32. The van der Waals surface area contributed by atoms with Crippen molar-refractivity contribution in [1.82, 2.24) is 14.7 Å². The lowest BCUT2D eigenvalue weighted by Crippen LogP contribution is -2.43. The molecular formula is C18H22F3N3O. The summed E-state index contributed by atoms with van der Waals surface area (Å²) in [5, 5.41) is 4.18. The van der Waals surface area contributed by atoms with E-state index in [0.717, 1.165) is 38.7 Å². The first kappa shape index (κ1) is 17.9. The van der Waals surface area contributed by atoms with Gasteiger partial charge in [-0.15, -0.1) is 0 Å². The summed E-state index contributed by atoms with van der Waals surface area (Å²) in [5.74, 6) is 0. The molecule has 0 aliphatic carbocycles. The maximum atomic E-state index is 12.8. The van der Waals surface area contributed by atoms with Crippen LogP contribution >= 0.6 is 0 Å². The number of benzene rings is 1. The molecule has 1 saturated heterocycles. The van der Waals surface area contributed by atoms with Crippen LogP contribution in [0, 0.1) is 0 Å². The minimum atomic E-state index is -4.30. The van der Waals surface area contributed by atoms with E-state index in [2.05, 4.69) is 10.00 Å². The first-order valence-electron chi connectivity index (χ1n) is 8.48. The van der Waals surface area contributed by atoms with Gasteiger partial charge in [-0.1, -0.05) is 18.2 Å². The quantitative estimate of drug-likeness (QED) is 0.799. The molecule has 1 aromatic carbocycles. The number of aryl methyl sites for hydroxylation is 1. The molecule has 1 unspecified atom stereocenters. The van der Waals surface area contributed by atoms with Crippen molar-refractivity contribution in [1.29, 1.82) is 0 Å². The van der Waals surface area contributed by atoms with Gasteiger partial charge in [0.25, 0.3) is 0 Å². The van der Waals surface area contributed by atoms with Gasteiger partial charge < -0.3 is 4.74 Å². The molecule has 0 amide bonds. The third-order valence-corrected chi connectivity index (χ3v) is 4.36. The first-order chi connectivity index (χ1) is 12.0. The molecule has 2 aromatic rings. The molecule has 0 bridgehead atoms. The number of rotatable bonds is 6. The van der Waals surface area contributed by atoms with Gasteiger partial charge in [0.05, 0.1) is 18.3 Å². The van der Waals surface area contributed by atoms with E-state index < -0.39 is 11.7 Å². The van der Waals surface area contributed by atoms with Crippen molar-refractivity contribution >= 4 is 0 Å². The van der Waals surface area contributed by atoms with E-state index in [1.165, 1.54) is 12.1 Å². The highest BCUT2D eigenvalue weighted by molar-refractivity contribution is 5.26. The number of halogens is 3. The Balaban J connectivity index is 1.49. The Hall–Kier alpha value is -1.86. The molecule has 136 valence electrons. The normalized spacial score (nSPS) is 19.2. The maximum absolute atomic E-state index is 12.8. The van der Waals surface area contributed by atoms with Crippen molar-refractivity contribution in [3.63, 3.8) is 0 Å². The Kier molecular flexibility index (Phi) is 5.75. The van der Waals surface area contributed by atoms with Crippen LogP contribution in [0.2, 0.25) is 0 Å². The zero-order valence-corrected chi connectivity index (χ0v) is 14.0. The van der Waals surface area contributed by atoms with E-state index in [-0.39, 0.29) is 6.10 Å². The molecule has 0 N–H and O–H groups in total. The topological polar surface area (TPSA) is 30.3 Å². The van der Waals surface area contributed by atoms with Gasteiger partial charge in [0.1, 0.15) is 0 Å². The fourth-order valence-corrected chi connectivity index (χ4v) is 3.13. The highest BCUT2D eigenvalue weighted by atomic mass is 19.4. The number of morpholine rings is 1. The monoisotopic (exact) mass is 353 g/mol. The van der Waals surface area contributed by atoms with Crippen LogP contribution in [0.1, 0.15) is 17.5 Å². The van der Waals surface area contributed by atoms with Crippen molar-refractivity contribution in [2.45, 2.75) is 31.7 Å². The molecule has 4 nitrogen and oxygen atoms in total. The molecule has 1 aliphatic heterocycles. The number of alkyl halides is 3. The molecule has 1 fully saturated rings. The number of aromatic nitrogens is 2. The van der Waals surface area contributed by atoms with Crippen molar-refractivity contribution in [3.8, 4) is 0 Å². The van der Waals surface area contributed by atoms with Gasteiger partial charge in [0.2, 0.25) is 0 Å². The zero-order valence-electron chi connectivity index (χ0n) is 14.0. The Labute approximate surface area is 145 Å². The predicted octanol–water partition coefficient (Wildman–Crippen LogP) is 3.24. The van der Waals surface area contributed by atoms with Crippen molar-refractivity contribution < 1.29 is 17.9 Å². The smallest absolute Gasteiger partial charge is 0.375 e. The van der Waals surface area contributed by atoms with Gasteiger partial charge in [-0.2, -0.15) is 18.3 Å². The number of hydrogen-bond acceptors (Lipinski definition) is 3. The highest BCUT2D eigenvalue weighted by Gasteiger charge is 2.30. The summed E-state index contributed by atoms with van der Waals surface area (Å²) < 4.78 is 46.1. The Bertz CT molecular complexity index is 658. The van der Waals surface area contributed by atoms with E-state index in [4.69, 9.17) is 4.74 Å². The molecular weight excluding hydrogens is 331 g/mol. The molecule has 0 spiro atoms. The second-order valence-corrected chi connectivity index (χ2v) is 6.32. The largest absolute Gasteiger partial charge is 0.416 e. The average molecular weight is 353 g/mol. The van der Waals surface area contributed by atoms with Crippen molar-refractivity contribution in [2.75, 3.05) is 26.2 Å². The lowest BCUT2D eigenvalue weighted by Gasteiger charge is -2.33. The fourth-order valence-electron chi connectivity index (χ4n) is 3.13. The first-order valence-corrected chi connectivity index (χ1v) is 8.48. The summed E-state index contributed by atoms with van der Waals surface area (Å²) in [5.41, 5.74) is 0.0649. The third kappa shape index (κ3) is 5.31. The van der Waals surface area contributed by atoms with Crippen LogP contribution in [0.5, 0.6) is 0 Å². The van der Waals surface area contributed by atoms with Gasteiger partial charge >= 0.3 is 6.18 Å². The minimum absolute atomic E-state index is 0.0677. The van der Waals surface area contributed by atoms with Crippen LogP contribution in [-0.2, 0) is 23.9 Å². The Morgan fingerprint density at radius 1 is 1.20 bits per heavy atom. The summed E-state index contributed by atoms with van der Waals surface area (Å²) in [7, 11) is 0. The number of nitrogens with zero attached hydrogens (tertiary/aromatic N) is 3. The molecule has 1 aliphatic rings. The maximum Gasteiger partial charge on any atom is 0.416 e. The molecule has 3 rings (SSSR count). The highest BCUT2D eigenvalue weighted by Crippen LogP contribution is 2.30. The number of ether oxygens (including phenoxy) is 1. The minimum Gasteiger partial charge on any atom is -0.375 e. The summed E-state index contributed by atoms with van der Waals surface area (Å²) in [6.45, 7) is 4.02. The van der Waals surface area contributed by atoms with Gasteiger partial charge in [-0.3, -0.25) is 9.58 Å². The Morgan fingerprint density at radius 2 is 2.08 bits per heavy atom. The van der Waals surface area contributed by atoms with Crippen LogP contribution in [0.25, 0.3) is 0 Å². The van der Waals surface area contributed by atoms with Crippen LogP contribution in [0.3, 0.4) is 0 Å². The summed E-state index contributed by atoms with van der Waals surface area (Å²) >= 11 is 0. The molecule has 1 atom stereocenters. The van der Waals surface area contributed by atoms with Crippen LogP contribution in [0.4, 0.5) is 13.2 Å². The predicted molar refractivity (Wildman–Crippen MR) is 88.2 cm³/mol. The Morgan fingerprint density at radius 3 is 2.84 bits per heavy atom. The number of hydrogen-bond donors (Lipinski definition) is 0. The second kappa shape index (κ2) is 8.01. The van der Waals surface area contributed by atoms with E-state index in [1.807, 2.05) is 16.9 Å². The zero-order chi connectivity index (χ0) is 17.7. The van der Waals surface area contributed by atoms with E-state index >= 15 is 0 Å². The van der Waals surface area contributed by atoms with Crippen molar-refractivity contribution in [2.24, 2.45) is 0 Å². The summed E-state index contributed by atoms with van der Waals surface area (Å²) in [4.78, 5) is 2.31. The fraction of sp³-hybridized carbons (Fsp3) is 0.500. The van der Waals surface area contributed by atoms with Gasteiger partial charge in [0, 0.05) is 38.6 Å². The molecule has 0 saturated carbocycles. The molecule has 25 heavy (non-hydrogen) atoms. The van der Waals surface area contributed by atoms with E-state index in [0.29, 0.717) is 18.6 Å². The van der Waals surface area contributed by atoms with Crippen LogP contribution in [-0.4, -0.2) is 47.0 Å². The summed E-state index contributed by atoms with van der Waals surface area (Å²) in [6, 6.07) is 7.42. The summed E-state index contributed by atoms with van der Waals surface area (Å²) in [6.07, 6.45) is 0.816. The van der Waals surface area contributed by atoms with Crippen LogP contribution in [0.15, 0.2) is 42.7 Å². The third-order valence-electron chi connectivity index (χ3n) is 4.36. The molecule has 0 radical (unpaired) electrons. The molecule has 1 aromatic heterocycles. The van der Waals surface area contributed by atoms with Crippen LogP contribution < -0.4 is 0 Å². The van der Waals surface area contributed by atoms with Gasteiger partial charge in [-0.05, 0) is 30.5 Å². The van der Waals surface area contributed by atoms with E-state index in [9.17, 15) is 13.2 Å². The molecule has 2 heterocycles.